The highest BCUT2D eigenvalue weighted by Crippen LogP contribution is 2.29. The minimum absolute atomic E-state index is 0.0151. The Labute approximate surface area is 152 Å². The van der Waals surface area contributed by atoms with Crippen molar-refractivity contribution < 1.29 is 9.53 Å². The van der Waals surface area contributed by atoms with E-state index in [-0.39, 0.29) is 18.1 Å². The zero-order valence-electron chi connectivity index (χ0n) is 13.8. The molecule has 1 fully saturated rings. The average molecular weight is 375 g/mol. The molecule has 0 bridgehead atoms. The highest BCUT2D eigenvalue weighted by molar-refractivity contribution is 7.16. The van der Waals surface area contributed by atoms with E-state index in [4.69, 9.17) is 4.74 Å². The molecule has 1 aliphatic heterocycles. The van der Waals surface area contributed by atoms with Crippen molar-refractivity contribution in [2.45, 2.75) is 25.9 Å². The number of hydrogen-bond acceptors (Lipinski definition) is 7. The number of urea groups is 1. The van der Waals surface area contributed by atoms with Gasteiger partial charge in [0.1, 0.15) is 23.2 Å². The van der Waals surface area contributed by atoms with Gasteiger partial charge in [0.15, 0.2) is 0 Å². The molecule has 2 amide bonds. The number of nitrogens with one attached hydrogen (secondary N) is 1. The van der Waals surface area contributed by atoms with Crippen molar-refractivity contribution in [3.63, 3.8) is 0 Å². The zero-order valence-corrected chi connectivity index (χ0v) is 15.4. The number of carbonyl (C=O) groups is 1. The second-order valence-corrected chi connectivity index (χ2v) is 7.78. The Balaban J connectivity index is 1.32. The van der Waals surface area contributed by atoms with Gasteiger partial charge in [0, 0.05) is 17.5 Å². The third-order valence-electron chi connectivity index (χ3n) is 3.92. The Morgan fingerprint density at radius 3 is 3.00 bits per heavy atom. The summed E-state index contributed by atoms with van der Waals surface area (Å²) in [6.07, 6.45) is -0.0151. The van der Waals surface area contributed by atoms with E-state index in [1.165, 1.54) is 11.5 Å². The fourth-order valence-electron chi connectivity index (χ4n) is 2.50. The first kappa shape index (κ1) is 16.2. The monoisotopic (exact) mass is 375 g/mol. The number of aromatic nitrogens is 3. The van der Waals surface area contributed by atoms with Gasteiger partial charge in [0.25, 0.3) is 0 Å². The number of thiazole rings is 1. The number of fused-ring (bicyclic) bond motifs is 1. The summed E-state index contributed by atoms with van der Waals surface area (Å²) < 4.78 is 11.3. The van der Waals surface area contributed by atoms with E-state index < -0.39 is 0 Å². The number of benzene rings is 1. The van der Waals surface area contributed by atoms with Crippen LogP contribution in [0, 0.1) is 0 Å². The number of para-hydroxylation sites is 1. The van der Waals surface area contributed by atoms with Gasteiger partial charge in [-0.15, -0.1) is 11.3 Å². The lowest BCUT2D eigenvalue weighted by Crippen LogP contribution is -2.57. The van der Waals surface area contributed by atoms with Crippen LogP contribution in [-0.2, 0) is 0 Å². The summed E-state index contributed by atoms with van der Waals surface area (Å²) in [4.78, 5) is 22.6. The molecule has 0 radical (unpaired) electrons. The zero-order chi connectivity index (χ0) is 17.4. The number of nitrogens with zero attached hydrogens (tertiary/aromatic N) is 4. The molecule has 4 rings (SSSR count). The number of anilines is 1. The van der Waals surface area contributed by atoms with Crippen LogP contribution in [0.3, 0.4) is 0 Å². The molecular weight excluding hydrogens is 358 g/mol. The molecule has 1 saturated heterocycles. The van der Waals surface area contributed by atoms with Crippen molar-refractivity contribution in [2.24, 2.45) is 0 Å². The summed E-state index contributed by atoms with van der Waals surface area (Å²) >= 11 is 2.79. The molecule has 0 unspecified atom stereocenters. The summed E-state index contributed by atoms with van der Waals surface area (Å²) in [5.41, 5.74) is 2.69. The molecule has 1 aliphatic rings. The van der Waals surface area contributed by atoms with Crippen LogP contribution in [-0.4, -0.2) is 44.5 Å². The topological polar surface area (TPSA) is 80.2 Å². The fraction of sp³-hybridized carbons (Fsp3) is 0.375. The summed E-state index contributed by atoms with van der Waals surface area (Å²) in [6.45, 7) is 5.13. The molecule has 1 aromatic carbocycles. The minimum Gasteiger partial charge on any atom is -0.484 e. The summed E-state index contributed by atoms with van der Waals surface area (Å²) in [7, 11) is 0. The highest BCUT2D eigenvalue weighted by Gasteiger charge is 2.33. The molecule has 1 N–H and O–H groups in total. The summed E-state index contributed by atoms with van der Waals surface area (Å²) in [6, 6.07) is 5.73. The molecule has 0 saturated carbocycles. The first-order valence-electron chi connectivity index (χ1n) is 7.98. The lowest BCUT2D eigenvalue weighted by Gasteiger charge is -2.38. The van der Waals surface area contributed by atoms with Crippen LogP contribution in [0.2, 0.25) is 0 Å². The second kappa shape index (κ2) is 6.57. The lowest BCUT2D eigenvalue weighted by molar-refractivity contribution is 0.0502. The number of likely N-dealkylation sites (tertiary alicyclic amines) is 1. The van der Waals surface area contributed by atoms with E-state index in [0.29, 0.717) is 18.2 Å². The average Bonchev–Trinajstić information content (AvgIpc) is 3.19. The van der Waals surface area contributed by atoms with Gasteiger partial charge in [-0.25, -0.2) is 14.8 Å². The highest BCUT2D eigenvalue weighted by atomic mass is 32.1. The van der Waals surface area contributed by atoms with Crippen LogP contribution < -0.4 is 10.1 Å². The number of hydrogen-bond donors (Lipinski definition) is 1. The van der Waals surface area contributed by atoms with Gasteiger partial charge >= 0.3 is 6.03 Å². The Morgan fingerprint density at radius 2 is 2.24 bits per heavy atom. The summed E-state index contributed by atoms with van der Waals surface area (Å²) in [5, 5.41) is 3.33. The van der Waals surface area contributed by atoms with Crippen LogP contribution >= 0.6 is 22.9 Å². The molecule has 0 aliphatic carbocycles. The molecule has 130 valence electrons. The van der Waals surface area contributed by atoms with Crippen molar-refractivity contribution in [2.75, 3.05) is 18.4 Å². The number of ether oxygens (including phenoxy) is 1. The van der Waals surface area contributed by atoms with E-state index in [1.807, 2.05) is 37.6 Å². The van der Waals surface area contributed by atoms with Gasteiger partial charge in [-0.1, -0.05) is 19.9 Å². The predicted octanol–water partition coefficient (Wildman–Crippen LogP) is 3.57. The van der Waals surface area contributed by atoms with Crippen molar-refractivity contribution >= 4 is 44.2 Å². The molecule has 9 heteroatoms. The van der Waals surface area contributed by atoms with Gasteiger partial charge in [-0.2, -0.15) is 4.37 Å². The van der Waals surface area contributed by atoms with Crippen molar-refractivity contribution in [1.29, 1.82) is 0 Å². The molecular formula is C16H17N5O2S2. The maximum Gasteiger partial charge on any atom is 0.323 e. The van der Waals surface area contributed by atoms with E-state index in [2.05, 4.69) is 19.7 Å². The van der Waals surface area contributed by atoms with Gasteiger partial charge in [0.05, 0.1) is 23.3 Å². The molecule has 2 aromatic heterocycles. The minimum atomic E-state index is -0.168. The molecule has 3 aromatic rings. The van der Waals surface area contributed by atoms with Gasteiger partial charge in [-0.3, -0.25) is 5.32 Å². The predicted molar refractivity (Wildman–Crippen MR) is 98.6 cm³/mol. The SMILES string of the molecule is CC(C)c1nsc(NC(=O)N2CC(Oc3cccc4scnc34)C2)n1. The van der Waals surface area contributed by atoms with E-state index in [1.54, 1.807) is 16.2 Å². The van der Waals surface area contributed by atoms with Gasteiger partial charge in [-0.05, 0) is 12.1 Å². The van der Waals surface area contributed by atoms with E-state index in [9.17, 15) is 4.79 Å². The first-order valence-corrected chi connectivity index (χ1v) is 9.64. The normalized spacial score (nSPS) is 14.8. The number of rotatable bonds is 4. The molecule has 25 heavy (non-hydrogen) atoms. The van der Waals surface area contributed by atoms with E-state index in [0.717, 1.165) is 21.8 Å². The van der Waals surface area contributed by atoms with Gasteiger partial charge in [0.2, 0.25) is 5.13 Å². The molecule has 7 nitrogen and oxygen atoms in total. The summed E-state index contributed by atoms with van der Waals surface area (Å²) in [5.74, 6) is 1.77. The standard InChI is InChI=1S/C16H17N5O2S2/c1-9(2)14-18-15(25-20-14)19-16(22)21-6-10(7-21)23-11-4-3-5-12-13(11)17-8-24-12/h3-5,8-10H,6-7H2,1-2H3,(H,18,19,20,22). The maximum atomic E-state index is 12.2. The third-order valence-corrected chi connectivity index (χ3v) is 5.36. The molecule has 0 spiro atoms. The first-order chi connectivity index (χ1) is 12.1. The smallest absolute Gasteiger partial charge is 0.323 e. The Morgan fingerprint density at radius 1 is 1.40 bits per heavy atom. The molecule has 0 atom stereocenters. The van der Waals surface area contributed by atoms with Crippen LogP contribution in [0.1, 0.15) is 25.6 Å². The Bertz CT molecular complexity index is 901. The fourth-order valence-corrected chi connectivity index (χ4v) is 3.90. The third kappa shape index (κ3) is 3.29. The maximum absolute atomic E-state index is 12.2. The van der Waals surface area contributed by atoms with Crippen molar-refractivity contribution in [3.8, 4) is 5.75 Å². The Hall–Kier alpha value is -2.26. The molecule has 3 heterocycles. The van der Waals surface area contributed by atoms with Gasteiger partial charge < -0.3 is 9.64 Å². The Kier molecular flexibility index (Phi) is 4.26. The number of amides is 2. The van der Waals surface area contributed by atoms with Crippen LogP contribution in [0.4, 0.5) is 9.93 Å². The van der Waals surface area contributed by atoms with Crippen LogP contribution in [0.5, 0.6) is 5.75 Å². The number of carbonyl (C=O) groups excluding carboxylic acids is 1. The van der Waals surface area contributed by atoms with Crippen molar-refractivity contribution in [1.82, 2.24) is 19.2 Å². The van der Waals surface area contributed by atoms with Crippen molar-refractivity contribution in [3.05, 3.63) is 29.5 Å². The quantitative estimate of drug-likeness (QED) is 0.754. The second-order valence-electron chi connectivity index (χ2n) is 6.14. The lowest BCUT2D eigenvalue weighted by atomic mass is 10.2. The largest absolute Gasteiger partial charge is 0.484 e. The van der Waals surface area contributed by atoms with E-state index >= 15 is 0 Å². The van der Waals surface area contributed by atoms with Crippen LogP contribution in [0.25, 0.3) is 10.2 Å². The van der Waals surface area contributed by atoms with Crippen LogP contribution in [0.15, 0.2) is 23.7 Å².